The van der Waals surface area contributed by atoms with Crippen molar-refractivity contribution in [2.75, 3.05) is 0 Å². The molecule has 1 aliphatic rings. The van der Waals surface area contributed by atoms with E-state index in [1.807, 2.05) is 5.38 Å². The van der Waals surface area contributed by atoms with Gasteiger partial charge in [0, 0.05) is 12.6 Å². The molecule has 0 bridgehead atoms. The number of H-pyrrole nitrogens is 1. The van der Waals surface area contributed by atoms with Gasteiger partial charge in [-0.2, -0.15) is 5.21 Å². The maximum atomic E-state index is 12.1. The highest BCUT2D eigenvalue weighted by Crippen LogP contribution is 2.23. The molecule has 3 N–H and O–H groups in total. The van der Waals surface area contributed by atoms with Crippen LogP contribution in [0.25, 0.3) is 0 Å². The molecule has 3 rings (SSSR count). The van der Waals surface area contributed by atoms with Crippen molar-refractivity contribution >= 4 is 21.4 Å². The number of nitrogens with one attached hydrogen (secondary N) is 3. The fourth-order valence-electron chi connectivity index (χ4n) is 1.62. The molecule has 0 aliphatic heterocycles. The van der Waals surface area contributed by atoms with Gasteiger partial charge in [0.1, 0.15) is 4.21 Å². The molecular weight excluding hydrogens is 300 g/mol. The number of hydrogen-bond donors (Lipinski definition) is 3. The van der Waals surface area contributed by atoms with E-state index in [2.05, 4.69) is 30.7 Å². The van der Waals surface area contributed by atoms with Crippen LogP contribution in [-0.2, 0) is 23.1 Å². The highest BCUT2D eigenvalue weighted by molar-refractivity contribution is 7.91. The van der Waals surface area contributed by atoms with Gasteiger partial charge in [0.2, 0.25) is 10.0 Å². The molecule has 0 spiro atoms. The summed E-state index contributed by atoms with van der Waals surface area (Å²) in [7, 11) is -3.52. The first-order chi connectivity index (χ1) is 9.63. The van der Waals surface area contributed by atoms with Gasteiger partial charge in [-0.15, -0.1) is 21.5 Å². The summed E-state index contributed by atoms with van der Waals surface area (Å²) in [6, 6.07) is 2.30. The van der Waals surface area contributed by atoms with Gasteiger partial charge in [-0.25, -0.2) is 13.1 Å². The first-order valence-electron chi connectivity index (χ1n) is 6.16. The molecule has 2 aromatic rings. The Hall–Kier alpha value is -1.36. The second-order valence-electron chi connectivity index (χ2n) is 4.58. The van der Waals surface area contributed by atoms with E-state index in [0.29, 0.717) is 22.6 Å². The fourth-order valence-corrected chi connectivity index (χ4v) is 3.86. The topological polar surface area (TPSA) is 113 Å². The Balaban J connectivity index is 1.61. The van der Waals surface area contributed by atoms with Crippen LogP contribution in [0.5, 0.6) is 0 Å². The Morgan fingerprint density at radius 1 is 1.40 bits per heavy atom. The van der Waals surface area contributed by atoms with E-state index in [0.717, 1.165) is 5.56 Å². The van der Waals surface area contributed by atoms with E-state index in [4.69, 9.17) is 0 Å². The third-order valence-electron chi connectivity index (χ3n) is 2.88. The third kappa shape index (κ3) is 3.39. The number of thiophene rings is 1. The molecule has 0 saturated heterocycles. The molecule has 8 nitrogen and oxygen atoms in total. The van der Waals surface area contributed by atoms with Crippen molar-refractivity contribution in [2.24, 2.45) is 0 Å². The van der Waals surface area contributed by atoms with Crippen molar-refractivity contribution in [3.63, 3.8) is 0 Å². The number of aromatic amines is 1. The number of hydrogen-bond acceptors (Lipinski definition) is 7. The largest absolute Gasteiger partial charge is 0.310 e. The quantitative estimate of drug-likeness (QED) is 0.662. The summed E-state index contributed by atoms with van der Waals surface area (Å²) < 4.78 is 26.9. The van der Waals surface area contributed by atoms with Crippen LogP contribution in [0.15, 0.2) is 15.7 Å². The minimum absolute atomic E-state index is 0.0202. The Kier molecular flexibility index (Phi) is 3.78. The van der Waals surface area contributed by atoms with Gasteiger partial charge in [-0.1, -0.05) is 5.21 Å². The summed E-state index contributed by atoms with van der Waals surface area (Å²) in [4.78, 5) is 0. The van der Waals surface area contributed by atoms with Gasteiger partial charge in [-0.05, 0) is 29.9 Å². The van der Waals surface area contributed by atoms with Crippen LogP contribution in [-0.4, -0.2) is 35.1 Å². The summed E-state index contributed by atoms with van der Waals surface area (Å²) in [5, 5.41) is 18.2. The summed E-state index contributed by atoms with van der Waals surface area (Å²) >= 11 is 1.21. The molecule has 0 amide bonds. The fraction of sp³-hybridized carbons (Fsp3) is 0.500. The number of nitrogens with zero attached hydrogens (tertiary/aromatic N) is 3. The van der Waals surface area contributed by atoms with Crippen LogP contribution < -0.4 is 10.0 Å². The van der Waals surface area contributed by atoms with Crippen LogP contribution in [0.4, 0.5) is 0 Å². The van der Waals surface area contributed by atoms with E-state index in [9.17, 15) is 8.42 Å². The van der Waals surface area contributed by atoms with Gasteiger partial charge in [0.25, 0.3) is 0 Å². The molecule has 0 aromatic carbocycles. The van der Waals surface area contributed by atoms with E-state index in [1.54, 1.807) is 6.07 Å². The number of rotatable bonds is 7. The smallest absolute Gasteiger partial charge is 0.250 e. The van der Waals surface area contributed by atoms with Gasteiger partial charge < -0.3 is 5.32 Å². The highest BCUT2D eigenvalue weighted by atomic mass is 32.2. The predicted molar refractivity (Wildman–Crippen MR) is 72.4 cm³/mol. The monoisotopic (exact) mass is 314 g/mol. The molecule has 1 saturated carbocycles. The van der Waals surface area contributed by atoms with E-state index in [-0.39, 0.29) is 6.54 Å². The van der Waals surface area contributed by atoms with Crippen molar-refractivity contribution in [1.29, 1.82) is 0 Å². The van der Waals surface area contributed by atoms with Gasteiger partial charge >= 0.3 is 0 Å². The zero-order valence-corrected chi connectivity index (χ0v) is 12.2. The molecule has 0 radical (unpaired) electrons. The van der Waals surface area contributed by atoms with Crippen molar-refractivity contribution in [3.05, 3.63) is 22.8 Å². The third-order valence-corrected chi connectivity index (χ3v) is 5.77. The summed E-state index contributed by atoms with van der Waals surface area (Å²) in [6.45, 7) is 0.730. The van der Waals surface area contributed by atoms with Crippen molar-refractivity contribution < 1.29 is 8.42 Å². The normalized spacial score (nSPS) is 15.6. The van der Waals surface area contributed by atoms with E-state index in [1.165, 1.54) is 24.2 Å². The number of aromatic nitrogens is 4. The molecule has 2 aromatic heterocycles. The Bertz CT molecular complexity index is 662. The molecule has 0 atom stereocenters. The predicted octanol–water partition coefficient (Wildman–Crippen LogP) is -0.00830. The minimum Gasteiger partial charge on any atom is -0.310 e. The molecule has 0 unspecified atom stereocenters. The lowest BCUT2D eigenvalue weighted by molar-refractivity contribution is 0.581. The van der Waals surface area contributed by atoms with Crippen LogP contribution in [0, 0.1) is 0 Å². The van der Waals surface area contributed by atoms with Crippen molar-refractivity contribution in [3.8, 4) is 0 Å². The van der Waals surface area contributed by atoms with Gasteiger partial charge in [-0.3, -0.25) is 0 Å². The van der Waals surface area contributed by atoms with Gasteiger partial charge in [0.05, 0.1) is 6.54 Å². The molecule has 2 heterocycles. The Morgan fingerprint density at radius 2 is 2.25 bits per heavy atom. The molecule has 108 valence electrons. The summed E-state index contributed by atoms with van der Waals surface area (Å²) in [5.74, 6) is 0.306. The lowest BCUT2D eigenvalue weighted by atomic mass is 10.3. The molecule has 1 fully saturated rings. The number of sulfonamides is 1. The molecule has 1 aliphatic carbocycles. The second kappa shape index (κ2) is 5.56. The summed E-state index contributed by atoms with van der Waals surface area (Å²) in [5.41, 5.74) is 0.988. The van der Waals surface area contributed by atoms with Crippen LogP contribution in [0.2, 0.25) is 0 Å². The van der Waals surface area contributed by atoms with Gasteiger partial charge in [0.15, 0.2) is 5.82 Å². The zero-order chi connectivity index (χ0) is 14.0. The number of tetrazole rings is 1. The standard InChI is InChI=1S/C10H14N6O2S2/c17-20(18,12-5-9-13-15-16-14-9)10-3-7(6-19-10)4-11-8-1-2-8/h3,6,8,11-12H,1-2,4-5H2,(H,13,14,15,16). The maximum Gasteiger partial charge on any atom is 0.250 e. The lowest BCUT2D eigenvalue weighted by Gasteiger charge is -2.01. The second-order valence-corrected chi connectivity index (χ2v) is 7.49. The van der Waals surface area contributed by atoms with Crippen LogP contribution >= 0.6 is 11.3 Å². The van der Waals surface area contributed by atoms with Crippen molar-refractivity contribution in [2.45, 2.75) is 36.2 Å². The summed E-state index contributed by atoms with van der Waals surface area (Å²) in [6.07, 6.45) is 2.42. The first kappa shape index (κ1) is 13.6. The SMILES string of the molecule is O=S(=O)(NCc1nn[nH]n1)c1cc(CNC2CC2)cs1. The van der Waals surface area contributed by atoms with Crippen LogP contribution in [0.3, 0.4) is 0 Å². The lowest BCUT2D eigenvalue weighted by Crippen LogP contribution is -2.23. The van der Waals surface area contributed by atoms with E-state index >= 15 is 0 Å². The van der Waals surface area contributed by atoms with E-state index < -0.39 is 10.0 Å². The average molecular weight is 314 g/mol. The minimum atomic E-state index is -3.52. The first-order valence-corrected chi connectivity index (χ1v) is 8.52. The zero-order valence-electron chi connectivity index (χ0n) is 10.5. The maximum absolute atomic E-state index is 12.1. The highest BCUT2D eigenvalue weighted by Gasteiger charge is 2.21. The van der Waals surface area contributed by atoms with Crippen molar-refractivity contribution in [1.82, 2.24) is 30.7 Å². The Morgan fingerprint density at radius 3 is 2.95 bits per heavy atom. The van der Waals surface area contributed by atoms with Crippen LogP contribution in [0.1, 0.15) is 24.2 Å². The molecular formula is C10H14N6O2S2. The molecule has 20 heavy (non-hydrogen) atoms. The molecule has 10 heteroatoms. The Labute approximate surface area is 120 Å². The average Bonchev–Trinajstić information content (AvgIpc) is 2.94.